The first kappa shape index (κ1) is 24.4. The van der Waals surface area contributed by atoms with Crippen LogP contribution in [0.4, 0.5) is 0 Å². The molecule has 3 nitrogen and oxygen atoms in total. The number of nitrogens with zero attached hydrogens (tertiary/aromatic N) is 2. The minimum Gasteiger partial charge on any atom is -0.453 e. The fourth-order valence-corrected chi connectivity index (χ4v) is 7.52. The molecule has 9 aromatic rings. The SMILES string of the molecule is c1ccc2c(c1)Oc1cccc3c4c(-c5ccccc5-c5ccccc5-n5c6ccccc6c6ccccc65)cccc4n-2c13. The predicted octanol–water partition coefficient (Wildman–Crippen LogP) is 11.3. The third-order valence-electron chi connectivity index (χ3n) is 9.33. The first-order valence-electron chi connectivity index (χ1n) is 15.4. The van der Waals surface area contributed by atoms with Crippen molar-refractivity contribution < 1.29 is 4.74 Å². The lowest BCUT2D eigenvalue weighted by Crippen LogP contribution is -2.03. The molecular weight excluding hydrogens is 548 g/mol. The van der Waals surface area contributed by atoms with Gasteiger partial charge in [0, 0.05) is 27.1 Å². The second kappa shape index (κ2) is 9.22. The van der Waals surface area contributed by atoms with Crippen LogP contribution in [0.3, 0.4) is 0 Å². The van der Waals surface area contributed by atoms with Gasteiger partial charge in [0.1, 0.15) is 0 Å². The summed E-state index contributed by atoms with van der Waals surface area (Å²) in [6, 6.07) is 56.5. The smallest absolute Gasteiger partial charge is 0.152 e. The van der Waals surface area contributed by atoms with E-state index in [4.69, 9.17) is 4.74 Å². The van der Waals surface area contributed by atoms with Crippen molar-refractivity contribution in [3.63, 3.8) is 0 Å². The number of hydrogen-bond donors (Lipinski definition) is 0. The van der Waals surface area contributed by atoms with E-state index < -0.39 is 0 Å². The average molecular weight is 575 g/mol. The van der Waals surface area contributed by atoms with Gasteiger partial charge in [-0.3, -0.25) is 0 Å². The molecule has 0 aliphatic carbocycles. The Hall–Kier alpha value is -6.06. The molecule has 3 heteroatoms. The average Bonchev–Trinajstić information content (AvgIpc) is 3.63. The lowest BCUT2D eigenvalue weighted by Gasteiger charge is -2.20. The van der Waals surface area contributed by atoms with Crippen molar-refractivity contribution in [3.8, 4) is 45.1 Å². The summed E-state index contributed by atoms with van der Waals surface area (Å²) < 4.78 is 11.2. The zero-order chi connectivity index (χ0) is 29.5. The van der Waals surface area contributed by atoms with E-state index in [1.54, 1.807) is 0 Å². The molecule has 0 unspecified atom stereocenters. The summed E-state index contributed by atoms with van der Waals surface area (Å²) in [6.45, 7) is 0. The topological polar surface area (TPSA) is 19.1 Å². The van der Waals surface area contributed by atoms with Crippen LogP contribution in [0, 0.1) is 0 Å². The van der Waals surface area contributed by atoms with E-state index in [2.05, 4.69) is 155 Å². The summed E-state index contributed by atoms with van der Waals surface area (Å²) in [4.78, 5) is 0. The van der Waals surface area contributed by atoms with Crippen molar-refractivity contribution in [2.75, 3.05) is 0 Å². The van der Waals surface area contributed by atoms with Crippen LogP contribution in [-0.4, -0.2) is 9.13 Å². The van der Waals surface area contributed by atoms with Gasteiger partial charge in [0.25, 0.3) is 0 Å². The minimum absolute atomic E-state index is 0.876. The number of fused-ring (bicyclic) bond motifs is 8. The molecule has 0 saturated heterocycles. The first-order valence-corrected chi connectivity index (χ1v) is 15.4. The maximum atomic E-state index is 6.42. The molecule has 0 N–H and O–H groups in total. The summed E-state index contributed by atoms with van der Waals surface area (Å²) in [7, 11) is 0. The van der Waals surface area contributed by atoms with Crippen LogP contribution in [0.15, 0.2) is 158 Å². The summed E-state index contributed by atoms with van der Waals surface area (Å²) in [5, 5.41) is 4.95. The van der Waals surface area contributed by atoms with Crippen molar-refractivity contribution >= 4 is 43.6 Å². The van der Waals surface area contributed by atoms with Gasteiger partial charge >= 0.3 is 0 Å². The molecule has 0 bridgehead atoms. The normalized spacial score (nSPS) is 12.2. The molecule has 0 radical (unpaired) electrons. The third-order valence-corrected chi connectivity index (χ3v) is 9.33. The van der Waals surface area contributed by atoms with Crippen molar-refractivity contribution in [3.05, 3.63) is 158 Å². The number of hydrogen-bond acceptors (Lipinski definition) is 1. The first-order chi connectivity index (χ1) is 22.4. The number of rotatable bonds is 3. The molecule has 45 heavy (non-hydrogen) atoms. The van der Waals surface area contributed by atoms with E-state index in [0.717, 1.165) is 22.7 Å². The Bertz CT molecular complexity index is 2580. The Balaban J connectivity index is 1.28. The highest BCUT2D eigenvalue weighted by molar-refractivity contribution is 6.19. The maximum Gasteiger partial charge on any atom is 0.152 e. The van der Waals surface area contributed by atoms with Gasteiger partial charge in [-0.05, 0) is 59.2 Å². The number of para-hydroxylation sites is 6. The highest BCUT2D eigenvalue weighted by Crippen LogP contribution is 2.48. The minimum atomic E-state index is 0.876. The van der Waals surface area contributed by atoms with Crippen LogP contribution in [0.2, 0.25) is 0 Å². The number of aromatic nitrogens is 2. The van der Waals surface area contributed by atoms with Crippen LogP contribution in [0.5, 0.6) is 11.5 Å². The summed E-state index contributed by atoms with van der Waals surface area (Å²) in [6.07, 6.45) is 0. The van der Waals surface area contributed by atoms with Crippen molar-refractivity contribution in [2.24, 2.45) is 0 Å². The van der Waals surface area contributed by atoms with E-state index in [9.17, 15) is 0 Å². The Labute approximate surface area is 259 Å². The van der Waals surface area contributed by atoms with E-state index in [0.29, 0.717) is 0 Å². The van der Waals surface area contributed by atoms with Crippen LogP contribution in [0.25, 0.3) is 77.2 Å². The van der Waals surface area contributed by atoms with Gasteiger partial charge in [-0.2, -0.15) is 0 Å². The Morgan fingerprint density at radius 1 is 0.333 bits per heavy atom. The van der Waals surface area contributed by atoms with E-state index >= 15 is 0 Å². The van der Waals surface area contributed by atoms with Crippen molar-refractivity contribution in [2.45, 2.75) is 0 Å². The molecular formula is C42H26N2O. The van der Waals surface area contributed by atoms with Crippen LogP contribution < -0.4 is 4.74 Å². The molecule has 1 aliphatic heterocycles. The highest BCUT2D eigenvalue weighted by atomic mass is 16.5. The van der Waals surface area contributed by atoms with Gasteiger partial charge < -0.3 is 13.9 Å². The summed E-state index contributed by atoms with van der Waals surface area (Å²) >= 11 is 0. The van der Waals surface area contributed by atoms with Gasteiger partial charge in [0.2, 0.25) is 0 Å². The van der Waals surface area contributed by atoms with E-state index in [1.807, 2.05) is 12.1 Å². The Kier molecular flexibility index (Phi) is 5.00. The number of ether oxygens (including phenoxy) is 1. The van der Waals surface area contributed by atoms with Gasteiger partial charge in [0.15, 0.2) is 11.5 Å². The monoisotopic (exact) mass is 574 g/mol. The Morgan fingerprint density at radius 2 is 0.844 bits per heavy atom. The standard InChI is InChI=1S/C42H26N2O/c1-2-14-28(32-18-11-24-38-41(32)33-19-12-26-40-42(33)44(38)37-23-9-10-25-39(37)45-40)27(13-1)29-15-3-6-20-34(29)43-35-21-7-4-16-30(35)31-17-5-8-22-36(31)43/h1-26H. The number of benzene rings is 7. The predicted molar refractivity (Wildman–Crippen MR) is 186 cm³/mol. The molecule has 2 aromatic heterocycles. The van der Waals surface area contributed by atoms with Gasteiger partial charge in [-0.25, -0.2) is 0 Å². The summed E-state index contributed by atoms with van der Waals surface area (Å²) in [5.41, 5.74) is 11.7. The van der Waals surface area contributed by atoms with E-state index in [1.165, 1.54) is 66.0 Å². The third kappa shape index (κ3) is 3.35. The van der Waals surface area contributed by atoms with Crippen LogP contribution in [-0.2, 0) is 0 Å². The van der Waals surface area contributed by atoms with E-state index in [-0.39, 0.29) is 0 Å². The van der Waals surface area contributed by atoms with Gasteiger partial charge in [0.05, 0.1) is 33.4 Å². The van der Waals surface area contributed by atoms with Crippen molar-refractivity contribution in [1.82, 2.24) is 9.13 Å². The zero-order valence-corrected chi connectivity index (χ0v) is 24.3. The molecule has 3 heterocycles. The molecule has 0 atom stereocenters. The lowest BCUT2D eigenvalue weighted by molar-refractivity contribution is 0.476. The fraction of sp³-hybridized carbons (Fsp3) is 0. The quantitative estimate of drug-likeness (QED) is 0.205. The highest BCUT2D eigenvalue weighted by Gasteiger charge is 2.25. The molecule has 0 saturated carbocycles. The molecule has 10 rings (SSSR count). The van der Waals surface area contributed by atoms with Crippen molar-refractivity contribution in [1.29, 1.82) is 0 Å². The lowest BCUT2D eigenvalue weighted by atomic mass is 9.91. The molecule has 0 amide bonds. The van der Waals surface area contributed by atoms with Crippen LogP contribution >= 0.6 is 0 Å². The van der Waals surface area contributed by atoms with Gasteiger partial charge in [-0.1, -0.05) is 115 Å². The zero-order valence-electron chi connectivity index (χ0n) is 24.3. The second-order valence-corrected chi connectivity index (χ2v) is 11.7. The molecule has 7 aromatic carbocycles. The molecule has 1 aliphatic rings. The second-order valence-electron chi connectivity index (χ2n) is 11.7. The maximum absolute atomic E-state index is 6.42. The molecule has 0 spiro atoms. The summed E-state index contributed by atoms with van der Waals surface area (Å²) in [5.74, 6) is 1.76. The van der Waals surface area contributed by atoms with Crippen LogP contribution in [0.1, 0.15) is 0 Å². The molecule has 210 valence electrons. The van der Waals surface area contributed by atoms with Gasteiger partial charge in [-0.15, -0.1) is 0 Å². The Morgan fingerprint density at radius 3 is 1.62 bits per heavy atom. The fourth-order valence-electron chi connectivity index (χ4n) is 7.52. The molecule has 0 fully saturated rings. The largest absolute Gasteiger partial charge is 0.453 e.